The van der Waals surface area contributed by atoms with Crippen LogP contribution in [0.1, 0.15) is 17.3 Å². The van der Waals surface area contributed by atoms with Gasteiger partial charge in [0.25, 0.3) is 11.8 Å². The first kappa shape index (κ1) is 20.7. The number of benzene rings is 1. The molecule has 3 amide bonds. The SMILES string of the molecule is CCOC(=O)NC(=O)COC(=O)CNC(=O)c1cc(OC)cc(OC)c1. The third-order valence-electron chi connectivity index (χ3n) is 2.89. The Kier molecular flexibility index (Phi) is 8.41. The molecule has 1 aromatic carbocycles. The minimum absolute atomic E-state index is 0.0972. The lowest BCUT2D eigenvalue weighted by Crippen LogP contribution is -2.36. The van der Waals surface area contributed by atoms with Crippen molar-refractivity contribution in [2.24, 2.45) is 0 Å². The van der Waals surface area contributed by atoms with Crippen molar-refractivity contribution in [1.29, 1.82) is 0 Å². The molecule has 142 valence electrons. The molecule has 0 unspecified atom stereocenters. The molecular formula is C16H20N2O8. The first-order chi connectivity index (χ1) is 12.4. The fourth-order valence-electron chi connectivity index (χ4n) is 1.71. The second kappa shape index (κ2) is 10.5. The Hall–Kier alpha value is -3.30. The van der Waals surface area contributed by atoms with Gasteiger partial charge in [-0.1, -0.05) is 0 Å². The standard InChI is InChI=1S/C16H20N2O8/c1-4-25-16(22)18-13(19)9-26-14(20)8-17-15(21)10-5-11(23-2)7-12(6-10)24-3/h5-7H,4,8-9H2,1-3H3,(H,17,21)(H,18,19,22). The van der Waals surface area contributed by atoms with Crippen LogP contribution < -0.4 is 20.1 Å². The van der Waals surface area contributed by atoms with E-state index in [1.807, 2.05) is 5.32 Å². The molecule has 0 fully saturated rings. The maximum absolute atomic E-state index is 12.1. The van der Waals surface area contributed by atoms with E-state index < -0.39 is 37.0 Å². The van der Waals surface area contributed by atoms with Crippen LogP contribution in [0.3, 0.4) is 0 Å². The van der Waals surface area contributed by atoms with Crippen molar-refractivity contribution in [3.8, 4) is 11.5 Å². The molecule has 0 bridgehead atoms. The van der Waals surface area contributed by atoms with E-state index in [0.29, 0.717) is 11.5 Å². The normalized spacial score (nSPS) is 9.65. The molecule has 0 spiro atoms. The average molecular weight is 368 g/mol. The predicted octanol–water partition coefficient (Wildman–Crippen LogP) is 0.250. The highest BCUT2D eigenvalue weighted by atomic mass is 16.6. The Morgan fingerprint density at radius 2 is 1.58 bits per heavy atom. The van der Waals surface area contributed by atoms with Crippen LogP contribution in [0.4, 0.5) is 4.79 Å². The lowest BCUT2D eigenvalue weighted by molar-refractivity contribution is -0.147. The molecule has 0 heterocycles. The van der Waals surface area contributed by atoms with Gasteiger partial charge < -0.3 is 24.3 Å². The van der Waals surface area contributed by atoms with Crippen LogP contribution >= 0.6 is 0 Å². The lowest BCUT2D eigenvalue weighted by Gasteiger charge is -2.09. The zero-order valence-electron chi connectivity index (χ0n) is 14.6. The van der Waals surface area contributed by atoms with Crippen molar-refractivity contribution in [2.45, 2.75) is 6.92 Å². The smallest absolute Gasteiger partial charge is 0.413 e. The molecule has 0 saturated heterocycles. The summed E-state index contributed by atoms with van der Waals surface area (Å²) in [5.74, 6) is -1.44. The topological polar surface area (TPSA) is 129 Å². The number of rotatable bonds is 8. The molecule has 10 nitrogen and oxygen atoms in total. The number of hydrogen-bond donors (Lipinski definition) is 2. The van der Waals surface area contributed by atoms with Crippen LogP contribution in [0, 0.1) is 0 Å². The Labute approximate surface area is 149 Å². The van der Waals surface area contributed by atoms with Gasteiger partial charge in [0.05, 0.1) is 20.8 Å². The Bertz CT molecular complexity index is 652. The van der Waals surface area contributed by atoms with E-state index in [1.165, 1.54) is 26.4 Å². The van der Waals surface area contributed by atoms with E-state index >= 15 is 0 Å². The summed E-state index contributed by atoms with van der Waals surface area (Å²) in [7, 11) is 2.88. The fourth-order valence-corrected chi connectivity index (χ4v) is 1.71. The lowest BCUT2D eigenvalue weighted by atomic mass is 10.2. The van der Waals surface area contributed by atoms with Gasteiger partial charge in [-0.25, -0.2) is 4.79 Å². The molecule has 1 aromatic rings. The van der Waals surface area contributed by atoms with Gasteiger partial charge >= 0.3 is 12.1 Å². The zero-order chi connectivity index (χ0) is 19.5. The summed E-state index contributed by atoms with van der Waals surface area (Å²) in [4.78, 5) is 46.0. The first-order valence-corrected chi connectivity index (χ1v) is 7.53. The molecule has 0 aliphatic rings. The van der Waals surface area contributed by atoms with Crippen molar-refractivity contribution in [3.05, 3.63) is 23.8 Å². The maximum Gasteiger partial charge on any atom is 0.413 e. The molecule has 1 rings (SSSR count). The third-order valence-corrected chi connectivity index (χ3v) is 2.89. The monoisotopic (exact) mass is 368 g/mol. The van der Waals surface area contributed by atoms with E-state index in [0.717, 1.165) is 0 Å². The van der Waals surface area contributed by atoms with Crippen LogP contribution in [-0.2, 0) is 19.1 Å². The van der Waals surface area contributed by atoms with E-state index in [-0.39, 0.29) is 12.2 Å². The van der Waals surface area contributed by atoms with Crippen molar-refractivity contribution >= 4 is 23.9 Å². The number of imide groups is 1. The second-order valence-corrected chi connectivity index (χ2v) is 4.71. The van der Waals surface area contributed by atoms with Crippen LogP contribution in [0.15, 0.2) is 18.2 Å². The third kappa shape index (κ3) is 7.07. The van der Waals surface area contributed by atoms with Crippen molar-refractivity contribution in [3.63, 3.8) is 0 Å². The largest absolute Gasteiger partial charge is 0.497 e. The molecule has 0 aromatic heterocycles. The van der Waals surface area contributed by atoms with Gasteiger partial charge in [-0.15, -0.1) is 0 Å². The van der Waals surface area contributed by atoms with Gasteiger partial charge in [0, 0.05) is 11.6 Å². The van der Waals surface area contributed by atoms with Crippen LogP contribution in [-0.4, -0.2) is 57.9 Å². The summed E-state index contributed by atoms with van der Waals surface area (Å²) >= 11 is 0. The fraction of sp³-hybridized carbons (Fsp3) is 0.375. The van der Waals surface area contributed by atoms with E-state index in [1.54, 1.807) is 13.0 Å². The summed E-state index contributed by atoms with van der Waals surface area (Å²) in [6, 6.07) is 4.53. The minimum Gasteiger partial charge on any atom is -0.497 e. The summed E-state index contributed by atoms with van der Waals surface area (Å²) in [6.07, 6.45) is -0.936. The van der Waals surface area contributed by atoms with E-state index in [2.05, 4.69) is 14.8 Å². The molecule has 0 aliphatic heterocycles. The number of hydrogen-bond acceptors (Lipinski definition) is 8. The van der Waals surface area contributed by atoms with Gasteiger partial charge in [-0.2, -0.15) is 0 Å². The van der Waals surface area contributed by atoms with Crippen LogP contribution in [0.25, 0.3) is 0 Å². The quantitative estimate of drug-likeness (QED) is 0.625. The number of alkyl carbamates (subject to hydrolysis) is 1. The summed E-state index contributed by atoms with van der Waals surface area (Å²) in [5.41, 5.74) is 0.217. The molecule has 0 saturated carbocycles. The number of amides is 3. The summed E-state index contributed by atoms with van der Waals surface area (Å²) in [6.45, 7) is 0.524. The van der Waals surface area contributed by atoms with E-state index in [9.17, 15) is 19.2 Å². The Morgan fingerprint density at radius 1 is 0.962 bits per heavy atom. The maximum atomic E-state index is 12.1. The number of carbonyl (C=O) groups is 4. The predicted molar refractivity (Wildman–Crippen MR) is 88.0 cm³/mol. The molecule has 0 aliphatic carbocycles. The van der Waals surface area contributed by atoms with Gasteiger partial charge in [-0.05, 0) is 19.1 Å². The number of ether oxygens (including phenoxy) is 4. The van der Waals surface area contributed by atoms with Crippen molar-refractivity contribution in [1.82, 2.24) is 10.6 Å². The Balaban J connectivity index is 2.46. The van der Waals surface area contributed by atoms with Gasteiger partial charge in [0.1, 0.15) is 18.0 Å². The van der Waals surface area contributed by atoms with Gasteiger partial charge in [0.2, 0.25) is 0 Å². The Morgan fingerprint density at radius 3 is 2.12 bits per heavy atom. The molecule has 10 heteroatoms. The zero-order valence-corrected chi connectivity index (χ0v) is 14.6. The van der Waals surface area contributed by atoms with Crippen molar-refractivity contribution < 1.29 is 38.1 Å². The molecule has 26 heavy (non-hydrogen) atoms. The molecule has 0 atom stereocenters. The minimum atomic E-state index is -0.936. The molecule has 2 N–H and O–H groups in total. The van der Waals surface area contributed by atoms with Gasteiger partial charge in [0.15, 0.2) is 6.61 Å². The average Bonchev–Trinajstić information content (AvgIpc) is 2.63. The molecule has 0 radical (unpaired) electrons. The van der Waals surface area contributed by atoms with Gasteiger partial charge in [-0.3, -0.25) is 19.7 Å². The number of esters is 1. The summed E-state index contributed by atoms with van der Waals surface area (Å²) in [5, 5.41) is 4.20. The number of methoxy groups -OCH3 is 2. The van der Waals surface area contributed by atoms with Crippen LogP contribution in [0.2, 0.25) is 0 Å². The highest BCUT2D eigenvalue weighted by Crippen LogP contribution is 2.22. The summed E-state index contributed by atoms with van der Waals surface area (Å²) < 4.78 is 19.2. The van der Waals surface area contributed by atoms with Crippen molar-refractivity contribution in [2.75, 3.05) is 34.0 Å². The number of carbonyl (C=O) groups excluding carboxylic acids is 4. The van der Waals surface area contributed by atoms with E-state index in [4.69, 9.17) is 9.47 Å². The second-order valence-electron chi connectivity index (χ2n) is 4.71. The molecular weight excluding hydrogens is 348 g/mol. The first-order valence-electron chi connectivity index (χ1n) is 7.53. The number of nitrogens with one attached hydrogen (secondary N) is 2. The van der Waals surface area contributed by atoms with Crippen LogP contribution in [0.5, 0.6) is 11.5 Å². The highest BCUT2D eigenvalue weighted by molar-refractivity contribution is 5.97. The highest BCUT2D eigenvalue weighted by Gasteiger charge is 2.14.